The van der Waals surface area contributed by atoms with E-state index in [1.807, 2.05) is 48.5 Å². The van der Waals surface area contributed by atoms with Crippen LogP contribution in [-0.2, 0) is 30.1 Å². The van der Waals surface area contributed by atoms with Crippen molar-refractivity contribution in [2.24, 2.45) is 0 Å². The highest BCUT2D eigenvalue weighted by Gasteiger charge is 2.12. The Balaban J connectivity index is 1.44. The van der Waals surface area contributed by atoms with Crippen LogP contribution in [0.1, 0.15) is 36.2 Å². The Morgan fingerprint density at radius 2 is 1.91 bits per heavy atom. The molecule has 1 amide bonds. The lowest BCUT2D eigenvalue weighted by atomic mass is 10.1. The molecular weight excluding hydrogens is 420 g/mol. The summed E-state index contributed by atoms with van der Waals surface area (Å²) >= 11 is 1.68. The van der Waals surface area contributed by atoms with E-state index in [4.69, 9.17) is 4.74 Å². The maximum Gasteiger partial charge on any atom is 0.220 e. The van der Waals surface area contributed by atoms with E-state index in [1.165, 1.54) is 5.56 Å². The zero-order valence-electron chi connectivity index (χ0n) is 18.5. The molecule has 0 atom stereocenters. The van der Waals surface area contributed by atoms with Crippen LogP contribution in [0.15, 0.2) is 72.4 Å². The third-order valence-corrected chi connectivity index (χ3v) is 6.08. The van der Waals surface area contributed by atoms with Gasteiger partial charge in [0.2, 0.25) is 5.91 Å². The van der Waals surface area contributed by atoms with Crippen molar-refractivity contribution in [3.05, 3.63) is 84.2 Å². The van der Waals surface area contributed by atoms with E-state index in [9.17, 15) is 4.79 Å². The largest absolute Gasteiger partial charge is 0.496 e. The van der Waals surface area contributed by atoms with Crippen molar-refractivity contribution in [2.75, 3.05) is 7.11 Å². The minimum atomic E-state index is 0.0440. The molecule has 1 heterocycles. The molecule has 2 aromatic carbocycles. The Bertz CT molecular complexity index is 1000. The first-order chi connectivity index (χ1) is 15.7. The van der Waals surface area contributed by atoms with Crippen LogP contribution >= 0.6 is 11.8 Å². The van der Waals surface area contributed by atoms with Crippen molar-refractivity contribution in [2.45, 2.75) is 49.7 Å². The zero-order valence-corrected chi connectivity index (χ0v) is 19.3. The number of carbonyl (C=O) groups excluding carboxylic acids is 1. The van der Waals surface area contributed by atoms with E-state index in [0.29, 0.717) is 19.5 Å². The van der Waals surface area contributed by atoms with Gasteiger partial charge < -0.3 is 14.6 Å². The predicted molar refractivity (Wildman–Crippen MR) is 129 cm³/mol. The second-order valence-electron chi connectivity index (χ2n) is 7.37. The number of allylic oxidation sites excluding steroid dienone is 1. The fourth-order valence-electron chi connectivity index (χ4n) is 3.35. The number of para-hydroxylation sites is 1. The monoisotopic (exact) mass is 450 g/mol. The van der Waals surface area contributed by atoms with Crippen molar-refractivity contribution in [3.63, 3.8) is 0 Å². The number of aromatic nitrogens is 3. The fraction of sp³-hybridized carbons (Fsp3) is 0.320. The first-order valence-electron chi connectivity index (χ1n) is 10.8. The van der Waals surface area contributed by atoms with E-state index in [2.05, 4.69) is 38.8 Å². The SMILES string of the molecule is C=CCn1c(CCCCC(=O)NCc2ccccc2OC)nnc1SCc1ccccc1. The standard InChI is InChI=1S/C25H30N4O2S/c1-3-17-29-23(27-28-25(29)32-19-20-11-5-4-6-12-20)15-9-10-16-24(30)26-18-21-13-7-8-14-22(21)31-2/h3-8,11-14H,1,9-10,15-19H2,2H3,(H,26,30). The molecule has 0 aliphatic rings. The number of unbranched alkanes of at least 4 members (excludes halogenated alkanes) is 1. The summed E-state index contributed by atoms with van der Waals surface area (Å²) in [6.07, 6.45) is 4.81. The molecule has 0 radical (unpaired) electrons. The second kappa shape index (κ2) is 12.7. The van der Waals surface area contributed by atoms with E-state index < -0.39 is 0 Å². The van der Waals surface area contributed by atoms with Gasteiger partial charge in [-0.1, -0.05) is 66.4 Å². The first-order valence-corrected chi connectivity index (χ1v) is 11.8. The van der Waals surface area contributed by atoms with Crippen LogP contribution in [0, 0.1) is 0 Å². The van der Waals surface area contributed by atoms with Gasteiger partial charge in [0, 0.05) is 37.2 Å². The number of aryl methyl sites for hydroxylation is 1. The molecule has 0 aliphatic heterocycles. The molecular formula is C25H30N4O2S. The molecule has 168 valence electrons. The van der Waals surface area contributed by atoms with E-state index in [-0.39, 0.29) is 5.91 Å². The summed E-state index contributed by atoms with van der Waals surface area (Å²) < 4.78 is 7.44. The van der Waals surface area contributed by atoms with Gasteiger partial charge in [-0.05, 0) is 24.5 Å². The maximum absolute atomic E-state index is 12.2. The van der Waals surface area contributed by atoms with Gasteiger partial charge in [-0.15, -0.1) is 16.8 Å². The Morgan fingerprint density at radius 1 is 1.12 bits per heavy atom. The summed E-state index contributed by atoms with van der Waals surface area (Å²) in [5.41, 5.74) is 2.23. The van der Waals surface area contributed by atoms with Gasteiger partial charge in [0.05, 0.1) is 7.11 Å². The van der Waals surface area contributed by atoms with Crippen molar-refractivity contribution >= 4 is 17.7 Å². The van der Waals surface area contributed by atoms with Gasteiger partial charge >= 0.3 is 0 Å². The molecule has 3 aromatic rings. The summed E-state index contributed by atoms with van der Waals surface area (Å²) in [5, 5.41) is 12.6. The van der Waals surface area contributed by atoms with Gasteiger partial charge in [0.1, 0.15) is 11.6 Å². The van der Waals surface area contributed by atoms with Gasteiger partial charge in [-0.25, -0.2) is 0 Å². The van der Waals surface area contributed by atoms with Gasteiger partial charge in [-0.3, -0.25) is 4.79 Å². The Labute approximate surface area is 194 Å². The number of nitrogens with zero attached hydrogens (tertiary/aromatic N) is 3. The van der Waals surface area contributed by atoms with Crippen molar-refractivity contribution in [3.8, 4) is 5.75 Å². The number of rotatable bonds is 13. The number of carbonyl (C=O) groups is 1. The highest BCUT2D eigenvalue weighted by atomic mass is 32.2. The van der Waals surface area contributed by atoms with Crippen LogP contribution in [0.25, 0.3) is 0 Å². The summed E-state index contributed by atoms with van der Waals surface area (Å²) in [4.78, 5) is 12.2. The highest BCUT2D eigenvalue weighted by Crippen LogP contribution is 2.23. The predicted octanol–water partition coefficient (Wildman–Crippen LogP) is 4.79. The average Bonchev–Trinajstić information content (AvgIpc) is 3.21. The third kappa shape index (κ3) is 6.99. The highest BCUT2D eigenvalue weighted by molar-refractivity contribution is 7.98. The van der Waals surface area contributed by atoms with Crippen LogP contribution in [-0.4, -0.2) is 27.8 Å². The zero-order chi connectivity index (χ0) is 22.6. The van der Waals surface area contributed by atoms with Crippen LogP contribution in [0.2, 0.25) is 0 Å². The van der Waals surface area contributed by atoms with Gasteiger partial charge in [-0.2, -0.15) is 0 Å². The number of hydrogen-bond donors (Lipinski definition) is 1. The average molecular weight is 451 g/mol. The topological polar surface area (TPSA) is 69.0 Å². The molecule has 0 fully saturated rings. The minimum absolute atomic E-state index is 0.0440. The number of amides is 1. The third-order valence-electron chi connectivity index (χ3n) is 5.04. The molecule has 1 aromatic heterocycles. The fourth-order valence-corrected chi connectivity index (χ4v) is 4.27. The molecule has 6 nitrogen and oxygen atoms in total. The Kier molecular flexibility index (Phi) is 9.37. The summed E-state index contributed by atoms with van der Waals surface area (Å²) in [6, 6.07) is 18.0. The number of nitrogens with one attached hydrogen (secondary N) is 1. The Hall–Kier alpha value is -3.06. The number of benzene rings is 2. The van der Waals surface area contributed by atoms with Crippen LogP contribution < -0.4 is 10.1 Å². The molecule has 1 N–H and O–H groups in total. The molecule has 0 saturated heterocycles. The summed E-state index contributed by atoms with van der Waals surface area (Å²) in [5.74, 6) is 2.62. The molecule has 0 aliphatic carbocycles. The normalized spacial score (nSPS) is 10.7. The van der Waals surface area contributed by atoms with E-state index in [0.717, 1.165) is 47.3 Å². The minimum Gasteiger partial charge on any atom is -0.496 e. The van der Waals surface area contributed by atoms with Crippen molar-refractivity contribution < 1.29 is 9.53 Å². The maximum atomic E-state index is 12.2. The molecule has 32 heavy (non-hydrogen) atoms. The van der Waals surface area contributed by atoms with Crippen molar-refractivity contribution in [1.82, 2.24) is 20.1 Å². The molecule has 7 heteroatoms. The Morgan fingerprint density at radius 3 is 2.69 bits per heavy atom. The summed E-state index contributed by atoms with van der Waals surface area (Å²) in [6.45, 7) is 5.02. The first kappa shape index (κ1) is 23.6. The van der Waals surface area contributed by atoms with E-state index in [1.54, 1.807) is 18.9 Å². The molecule has 0 spiro atoms. The molecule has 3 rings (SSSR count). The smallest absolute Gasteiger partial charge is 0.220 e. The molecule has 0 saturated carbocycles. The summed E-state index contributed by atoms with van der Waals surface area (Å²) in [7, 11) is 1.64. The number of hydrogen-bond acceptors (Lipinski definition) is 5. The second-order valence-corrected chi connectivity index (χ2v) is 8.31. The molecule has 0 unspecified atom stereocenters. The van der Waals surface area contributed by atoms with Gasteiger partial charge in [0.15, 0.2) is 5.16 Å². The lowest BCUT2D eigenvalue weighted by Crippen LogP contribution is -2.22. The number of ether oxygens (including phenoxy) is 1. The lowest BCUT2D eigenvalue weighted by molar-refractivity contribution is -0.121. The van der Waals surface area contributed by atoms with Crippen LogP contribution in [0.3, 0.4) is 0 Å². The van der Waals surface area contributed by atoms with Crippen molar-refractivity contribution in [1.29, 1.82) is 0 Å². The quantitative estimate of drug-likeness (QED) is 0.230. The number of methoxy groups -OCH3 is 1. The van der Waals surface area contributed by atoms with E-state index >= 15 is 0 Å². The van der Waals surface area contributed by atoms with Crippen LogP contribution in [0.5, 0.6) is 5.75 Å². The lowest BCUT2D eigenvalue weighted by Gasteiger charge is -2.10. The van der Waals surface area contributed by atoms with Gasteiger partial charge in [0.25, 0.3) is 0 Å². The molecule has 0 bridgehead atoms. The van der Waals surface area contributed by atoms with Crippen LogP contribution in [0.4, 0.5) is 0 Å². The number of thioether (sulfide) groups is 1.